The molecule has 2 fully saturated rings. The van der Waals surface area contributed by atoms with Gasteiger partial charge in [0.25, 0.3) is 0 Å². The smallest absolute Gasteiger partial charge is 0.214 e. The fourth-order valence-electron chi connectivity index (χ4n) is 2.50. The van der Waals surface area contributed by atoms with Gasteiger partial charge in [-0.2, -0.15) is 0 Å². The minimum atomic E-state index is -2.96. The van der Waals surface area contributed by atoms with Crippen molar-refractivity contribution in [1.82, 2.24) is 9.62 Å². The van der Waals surface area contributed by atoms with Crippen LogP contribution in [-0.2, 0) is 10.0 Å². The van der Waals surface area contributed by atoms with Crippen molar-refractivity contribution in [3.63, 3.8) is 0 Å². The quantitative estimate of drug-likeness (QED) is 0.757. The molecule has 2 aliphatic rings. The highest BCUT2D eigenvalue weighted by Crippen LogP contribution is 2.28. The molecule has 88 valence electrons. The van der Waals surface area contributed by atoms with Crippen molar-refractivity contribution >= 4 is 10.0 Å². The van der Waals surface area contributed by atoms with Crippen LogP contribution in [0.25, 0.3) is 0 Å². The molecular weight excluding hydrogens is 212 g/mol. The van der Waals surface area contributed by atoms with Crippen molar-refractivity contribution in [2.75, 3.05) is 31.9 Å². The molecule has 0 spiro atoms. The molecule has 4 nitrogen and oxygen atoms in total. The zero-order valence-corrected chi connectivity index (χ0v) is 10.1. The molecular formula is C10H20N2O2S. The second kappa shape index (κ2) is 4.39. The van der Waals surface area contributed by atoms with Crippen molar-refractivity contribution < 1.29 is 8.42 Å². The van der Waals surface area contributed by atoms with Crippen molar-refractivity contribution in [1.29, 1.82) is 0 Å². The summed E-state index contributed by atoms with van der Waals surface area (Å²) in [5.74, 6) is 1.44. The second-order valence-corrected chi connectivity index (χ2v) is 6.75. The molecule has 15 heavy (non-hydrogen) atoms. The number of nitrogens with one attached hydrogen (secondary N) is 1. The van der Waals surface area contributed by atoms with E-state index in [1.807, 2.05) is 6.92 Å². The molecule has 0 saturated carbocycles. The van der Waals surface area contributed by atoms with Gasteiger partial charge in [0.05, 0.1) is 5.75 Å². The van der Waals surface area contributed by atoms with Gasteiger partial charge in [-0.1, -0.05) is 13.3 Å². The largest absolute Gasteiger partial charge is 0.316 e. The average molecular weight is 232 g/mol. The third-order valence-electron chi connectivity index (χ3n) is 3.51. The van der Waals surface area contributed by atoms with Gasteiger partial charge >= 0.3 is 0 Å². The van der Waals surface area contributed by atoms with Gasteiger partial charge in [-0.3, -0.25) is 0 Å². The van der Waals surface area contributed by atoms with E-state index in [0.717, 1.165) is 39.0 Å². The van der Waals surface area contributed by atoms with Crippen LogP contribution < -0.4 is 5.32 Å². The molecule has 2 unspecified atom stereocenters. The molecule has 5 heteroatoms. The minimum absolute atomic E-state index is 0.330. The topological polar surface area (TPSA) is 49.4 Å². The molecule has 0 radical (unpaired) electrons. The van der Waals surface area contributed by atoms with Crippen LogP contribution in [0, 0.1) is 11.8 Å². The Morgan fingerprint density at radius 1 is 1.27 bits per heavy atom. The summed E-state index contributed by atoms with van der Waals surface area (Å²) in [7, 11) is -2.96. The Bertz CT molecular complexity index is 303. The third kappa shape index (κ3) is 2.34. The van der Waals surface area contributed by atoms with Crippen molar-refractivity contribution in [2.24, 2.45) is 11.8 Å². The normalized spacial score (nSPS) is 32.1. The lowest BCUT2D eigenvalue weighted by Crippen LogP contribution is -2.33. The van der Waals surface area contributed by atoms with Crippen molar-refractivity contribution in [2.45, 2.75) is 19.8 Å². The van der Waals surface area contributed by atoms with E-state index in [1.165, 1.54) is 0 Å². The molecule has 0 bridgehead atoms. The van der Waals surface area contributed by atoms with Crippen LogP contribution in [0.5, 0.6) is 0 Å². The van der Waals surface area contributed by atoms with Gasteiger partial charge in [0, 0.05) is 13.1 Å². The van der Waals surface area contributed by atoms with E-state index in [2.05, 4.69) is 5.32 Å². The van der Waals surface area contributed by atoms with Crippen molar-refractivity contribution in [3.05, 3.63) is 0 Å². The summed E-state index contributed by atoms with van der Waals surface area (Å²) >= 11 is 0. The van der Waals surface area contributed by atoms with Crippen LogP contribution in [0.2, 0.25) is 0 Å². The SMILES string of the molecule is CCCCS(=O)(=O)N1CC2CNCC2C1. The minimum Gasteiger partial charge on any atom is -0.316 e. The van der Waals surface area contributed by atoms with Crippen LogP contribution >= 0.6 is 0 Å². The summed E-state index contributed by atoms with van der Waals surface area (Å²) < 4.78 is 25.6. The molecule has 0 aromatic carbocycles. The number of rotatable bonds is 4. The predicted octanol–water partition coefficient (Wildman–Crippen LogP) is 0.268. The fraction of sp³-hybridized carbons (Fsp3) is 1.00. The Morgan fingerprint density at radius 3 is 2.40 bits per heavy atom. The van der Waals surface area contributed by atoms with Gasteiger partial charge in [-0.05, 0) is 31.3 Å². The van der Waals surface area contributed by atoms with Crippen LogP contribution in [0.15, 0.2) is 0 Å². The van der Waals surface area contributed by atoms with E-state index in [-0.39, 0.29) is 0 Å². The number of unbranched alkanes of at least 4 members (excludes halogenated alkanes) is 1. The standard InChI is InChI=1S/C10H20N2O2S/c1-2-3-4-15(13,14)12-7-9-5-11-6-10(9)8-12/h9-11H,2-8H2,1H3. The monoisotopic (exact) mass is 232 g/mol. The first-order valence-corrected chi connectivity index (χ1v) is 7.43. The summed E-state index contributed by atoms with van der Waals surface area (Å²) in [6.45, 7) is 5.49. The maximum Gasteiger partial charge on any atom is 0.214 e. The summed E-state index contributed by atoms with van der Waals surface area (Å²) in [5, 5.41) is 3.32. The maximum atomic E-state index is 11.9. The van der Waals surface area contributed by atoms with E-state index in [1.54, 1.807) is 4.31 Å². The number of hydrogen-bond acceptors (Lipinski definition) is 3. The Hall–Kier alpha value is -0.130. The van der Waals surface area contributed by atoms with E-state index in [0.29, 0.717) is 17.6 Å². The third-order valence-corrected chi connectivity index (χ3v) is 5.39. The maximum absolute atomic E-state index is 11.9. The number of nitrogens with zero attached hydrogens (tertiary/aromatic N) is 1. The highest BCUT2D eigenvalue weighted by atomic mass is 32.2. The summed E-state index contributed by atoms with van der Waals surface area (Å²) in [6.07, 6.45) is 1.73. The molecule has 0 amide bonds. The molecule has 0 aliphatic carbocycles. The van der Waals surface area contributed by atoms with Gasteiger partial charge in [-0.25, -0.2) is 12.7 Å². The highest BCUT2D eigenvalue weighted by molar-refractivity contribution is 7.89. The van der Waals surface area contributed by atoms with Crippen LogP contribution in [0.1, 0.15) is 19.8 Å². The first-order valence-electron chi connectivity index (χ1n) is 5.82. The lowest BCUT2D eigenvalue weighted by atomic mass is 10.0. The molecule has 0 aromatic rings. The van der Waals surface area contributed by atoms with Crippen molar-refractivity contribution in [3.8, 4) is 0 Å². The van der Waals surface area contributed by atoms with Crippen LogP contribution in [0.4, 0.5) is 0 Å². The van der Waals surface area contributed by atoms with E-state index >= 15 is 0 Å². The Balaban J connectivity index is 1.95. The summed E-state index contributed by atoms with van der Waals surface area (Å²) in [6, 6.07) is 0. The number of sulfonamides is 1. The lowest BCUT2D eigenvalue weighted by molar-refractivity contribution is 0.446. The van der Waals surface area contributed by atoms with Gasteiger partial charge in [0.2, 0.25) is 10.0 Å². The van der Waals surface area contributed by atoms with E-state index < -0.39 is 10.0 Å². The van der Waals surface area contributed by atoms with E-state index in [9.17, 15) is 8.42 Å². The lowest BCUT2D eigenvalue weighted by Gasteiger charge is -2.16. The zero-order valence-electron chi connectivity index (χ0n) is 9.28. The Labute approximate surface area is 92.1 Å². The number of hydrogen-bond donors (Lipinski definition) is 1. The fourth-order valence-corrected chi connectivity index (χ4v) is 4.24. The Kier molecular flexibility index (Phi) is 3.33. The predicted molar refractivity (Wildman–Crippen MR) is 60.1 cm³/mol. The molecule has 2 rings (SSSR count). The van der Waals surface area contributed by atoms with Gasteiger partial charge in [0.15, 0.2) is 0 Å². The van der Waals surface area contributed by atoms with Crippen LogP contribution in [0.3, 0.4) is 0 Å². The Morgan fingerprint density at radius 2 is 1.87 bits per heavy atom. The zero-order chi connectivity index (χ0) is 10.9. The van der Waals surface area contributed by atoms with Gasteiger partial charge in [0.1, 0.15) is 0 Å². The molecule has 0 aromatic heterocycles. The number of fused-ring (bicyclic) bond motifs is 1. The van der Waals surface area contributed by atoms with Gasteiger partial charge < -0.3 is 5.32 Å². The average Bonchev–Trinajstić information content (AvgIpc) is 2.73. The van der Waals surface area contributed by atoms with Crippen LogP contribution in [-0.4, -0.2) is 44.7 Å². The van der Waals surface area contributed by atoms with E-state index in [4.69, 9.17) is 0 Å². The molecule has 2 saturated heterocycles. The first kappa shape index (κ1) is 11.4. The first-order chi connectivity index (χ1) is 7.13. The molecule has 2 aliphatic heterocycles. The molecule has 1 N–H and O–H groups in total. The molecule has 2 heterocycles. The van der Waals surface area contributed by atoms with Gasteiger partial charge in [-0.15, -0.1) is 0 Å². The molecule has 2 atom stereocenters. The summed E-state index contributed by atoms with van der Waals surface area (Å²) in [5.41, 5.74) is 0. The highest BCUT2D eigenvalue weighted by Gasteiger charge is 2.40. The second-order valence-electron chi connectivity index (χ2n) is 4.66. The summed E-state index contributed by atoms with van der Waals surface area (Å²) in [4.78, 5) is 0.